The molecular formula is C15H14N2O4. The van der Waals surface area contributed by atoms with E-state index in [-0.39, 0.29) is 53.8 Å². The molecule has 2 aliphatic heterocycles. The zero-order chi connectivity index (χ0) is 14.9. The number of carbonyl (C=O) groups excluding carboxylic acids is 4. The van der Waals surface area contributed by atoms with Gasteiger partial charge in [0.05, 0.1) is 18.4 Å². The summed E-state index contributed by atoms with van der Waals surface area (Å²) in [7, 11) is 1.53. The molecule has 0 radical (unpaired) electrons. The summed E-state index contributed by atoms with van der Waals surface area (Å²) in [6.07, 6.45) is 5.29. The predicted octanol–water partition coefficient (Wildman–Crippen LogP) is -0.281. The average molecular weight is 286 g/mol. The lowest BCUT2D eigenvalue weighted by molar-refractivity contribution is -0.139. The van der Waals surface area contributed by atoms with Crippen molar-refractivity contribution in [2.24, 2.45) is 23.7 Å². The number of imide groups is 2. The van der Waals surface area contributed by atoms with Crippen LogP contribution >= 0.6 is 0 Å². The van der Waals surface area contributed by atoms with Crippen LogP contribution in [0.5, 0.6) is 0 Å². The van der Waals surface area contributed by atoms with Gasteiger partial charge in [0.15, 0.2) is 0 Å². The van der Waals surface area contributed by atoms with E-state index < -0.39 is 0 Å². The van der Waals surface area contributed by atoms with Gasteiger partial charge in [-0.05, 0) is 18.3 Å². The quantitative estimate of drug-likeness (QED) is 0.517. The molecule has 0 aromatic rings. The second kappa shape index (κ2) is 3.90. The van der Waals surface area contributed by atoms with Crippen LogP contribution in [0.15, 0.2) is 23.8 Å². The van der Waals surface area contributed by atoms with E-state index in [2.05, 4.69) is 0 Å². The summed E-state index contributed by atoms with van der Waals surface area (Å²) < 4.78 is 0. The Morgan fingerprint density at radius 2 is 1.67 bits per heavy atom. The molecule has 2 aliphatic carbocycles. The van der Waals surface area contributed by atoms with Crippen LogP contribution in [0.2, 0.25) is 0 Å². The fraction of sp³-hybridized carbons (Fsp3) is 0.467. The molecule has 4 rings (SSSR count). The highest BCUT2D eigenvalue weighted by Crippen LogP contribution is 2.55. The first-order valence-corrected chi connectivity index (χ1v) is 7.04. The summed E-state index contributed by atoms with van der Waals surface area (Å²) in [5, 5.41) is 0. The van der Waals surface area contributed by atoms with Gasteiger partial charge < -0.3 is 0 Å². The molecule has 2 bridgehead atoms. The Kier molecular flexibility index (Phi) is 2.32. The number of allylic oxidation sites excluding steroid dienone is 1. The molecule has 0 aromatic carbocycles. The largest absolute Gasteiger partial charge is 0.285 e. The molecule has 21 heavy (non-hydrogen) atoms. The van der Waals surface area contributed by atoms with Gasteiger partial charge in [-0.25, -0.2) is 0 Å². The Hall–Kier alpha value is -2.24. The Morgan fingerprint density at radius 3 is 2.33 bits per heavy atom. The minimum atomic E-state index is -0.314. The van der Waals surface area contributed by atoms with E-state index in [4.69, 9.17) is 0 Å². The Labute approximate surface area is 121 Å². The minimum Gasteiger partial charge on any atom is -0.285 e. The first-order valence-electron chi connectivity index (χ1n) is 7.04. The summed E-state index contributed by atoms with van der Waals surface area (Å²) in [6.45, 7) is 0.236. The maximum Gasteiger partial charge on any atom is 0.253 e. The Balaban J connectivity index is 1.60. The lowest BCUT2D eigenvalue weighted by Crippen LogP contribution is -2.35. The van der Waals surface area contributed by atoms with Crippen molar-refractivity contribution >= 4 is 23.6 Å². The van der Waals surface area contributed by atoms with E-state index in [1.165, 1.54) is 29.0 Å². The van der Waals surface area contributed by atoms with E-state index in [0.29, 0.717) is 0 Å². The first kappa shape index (κ1) is 12.5. The van der Waals surface area contributed by atoms with Crippen molar-refractivity contribution in [3.05, 3.63) is 23.8 Å². The van der Waals surface area contributed by atoms with E-state index in [0.717, 1.165) is 12.0 Å². The fourth-order valence-corrected chi connectivity index (χ4v) is 4.21. The van der Waals surface area contributed by atoms with Gasteiger partial charge in [-0.1, -0.05) is 11.6 Å². The van der Waals surface area contributed by atoms with Crippen molar-refractivity contribution in [1.29, 1.82) is 0 Å². The van der Waals surface area contributed by atoms with Gasteiger partial charge >= 0.3 is 0 Å². The number of amides is 4. The monoisotopic (exact) mass is 286 g/mol. The Bertz CT molecular complexity index is 645. The molecule has 1 saturated carbocycles. The number of nitrogens with zero attached hydrogens (tertiary/aromatic N) is 2. The molecule has 4 atom stereocenters. The summed E-state index contributed by atoms with van der Waals surface area (Å²) >= 11 is 0. The van der Waals surface area contributed by atoms with E-state index in [1.54, 1.807) is 0 Å². The van der Waals surface area contributed by atoms with Gasteiger partial charge in [0.2, 0.25) is 11.8 Å². The minimum absolute atomic E-state index is 0.0115. The number of fused-ring (bicyclic) bond motifs is 5. The summed E-state index contributed by atoms with van der Waals surface area (Å²) in [6, 6.07) is 0. The lowest BCUT2D eigenvalue weighted by atomic mass is 9.81. The third-order valence-corrected chi connectivity index (χ3v) is 5.18. The number of likely N-dealkylation sites (tertiary alicyclic amines) is 1. The molecule has 0 spiro atoms. The molecule has 6 nitrogen and oxygen atoms in total. The van der Waals surface area contributed by atoms with Gasteiger partial charge in [-0.15, -0.1) is 0 Å². The lowest BCUT2D eigenvalue weighted by Gasteiger charge is -2.24. The standard InChI is InChI=1S/C15H14N2O4/c1-16-14(20)12-7-4-8(9(5-7)13(12)15(16)21)6-17-10(18)2-3-11(17)19/h2-4,7,9,12-13H,5-6H2,1H3. The number of rotatable bonds is 2. The van der Waals surface area contributed by atoms with Crippen molar-refractivity contribution in [2.75, 3.05) is 13.6 Å². The summed E-state index contributed by atoms with van der Waals surface area (Å²) in [5.41, 5.74) is 0.947. The third-order valence-electron chi connectivity index (χ3n) is 5.18. The van der Waals surface area contributed by atoms with Crippen LogP contribution in [0.1, 0.15) is 6.42 Å². The number of carbonyl (C=O) groups is 4. The van der Waals surface area contributed by atoms with Crippen LogP contribution < -0.4 is 0 Å². The molecule has 108 valence electrons. The number of hydrogen-bond acceptors (Lipinski definition) is 4. The summed E-state index contributed by atoms with van der Waals surface area (Å²) in [4.78, 5) is 50.0. The van der Waals surface area contributed by atoms with Crippen LogP contribution in [0.25, 0.3) is 0 Å². The second-order valence-electron chi connectivity index (χ2n) is 6.13. The SMILES string of the molecule is CN1C(=O)C2C3C=C(CN4C(=O)C=CC4=O)C(C3)C2C1=O. The van der Waals surface area contributed by atoms with Gasteiger partial charge in [0.25, 0.3) is 11.8 Å². The second-order valence-corrected chi connectivity index (χ2v) is 6.13. The van der Waals surface area contributed by atoms with Gasteiger partial charge in [0.1, 0.15) is 0 Å². The molecule has 0 N–H and O–H groups in total. The maximum absolute atomic E-state index is 12.2. The molecule has 2 fully saturated rings. The zero-order valence-corrected chi connectivity index (χ0v) is 11.5. The highest BCUT2D eigenvalue weighted by molar-refractivity contribution is 6.13. The molecule has 4 amide bonds. The van der Waals surface area contributed by atoms with Crippen LogP contribution in [0.3, 0.4) is 0 Å². The molecule has 6 heteroatoms. The van der Waals surface area contributed by atoms with Gasteiger partial charge in [-0.3, -0.25) is 29.0 Å². The van der Waals surface area contributed by atoms with Gasteiger partial charge in [0, 0.05) is 19.2 Å². The number of hydrogen-bond donors (Lipinski definition) is 0. The average Bonchev–Trinajstić information content (AvgIpc) is 3.16. The fourth-order valence-electron chi connectivity index (χ4n) is 4.21. The molecule has 4 aliphatic rings. The maximum atomic E-state index is 12.2. The highest BCUT2D eigenvalue weighted by Gasteiger charge is 2.60. The van der Waals surface area contributed by atoms with Crippen LogP contribution in [0.4, 0.5) is 0 Å². The third kappa shape index (κ3) is 1.47. The smallest absolute Gasteiger partial charge is 0.253 e. The topological polar surface area (TPSA) is 74.8 Å². The Morgan fingerprint density at radius 1 is 1.05 bits per heavy atom. The molecule has 4 unspecified atom stereocenters. The van der Waals surface area contributed by atoms with E-state index in [1.807, 2.05) is 6.08 Å². The van der Waals surface area contributed by atoms with E-state index >= 15 is 0 Å². The van der Waals surface area contributed by atoms with Crippen LogP contribution in [-0.4, -0.2) is 47.0 Å². The van der Waals surface area contributed by atoms with Crippen molar-refractivity contribution in [3.63, 3.8) is 0 Å². The van der Waals surface area contributed by atoms with Crippen molar-refractivity contribution in [3.8, 4) is 0 Å². The molecule has 2 heterocycles. The summed E-state index contributed by atoms with van der Waals surface area (Å²) in [5.74, 6) is -1.33. The van der Waals surface area contributed by atoms with Crippen LogP contribution in [-0.2, 0) is 19.2 Å². The van der Waals surface area contributed by atoms with Crippen molar-refractivity contribution in [2.45, 2.75) is 6.42 Å². The van der Waals surface area contributed by atoms with E-state index in [9.17, 15) is 19.2 Å². The van der Waals surface area contributed by atoms with Gasteiger partial charge in [-0.2, -0.15) is 0 Å². The molecule has 1 saturated heterocycles. The van der Waals surface area contributed by atoms with Crippen LogP contribution in [0, 0.1) is 23.7 Å². The zero-order valence-electron chi connectivity index (χ0n) is 11.5. The first-order chi connectivity index (χ1) is 9.99. The molecule has 0 aromatic heterocycles. The highest BCUT2D eigenvalue weighted by atomic mass is 16.2. The predicted molar refractivity (Wildman–Crippen MR) is 70.3 cm³/mol. The van der Waals surface area contributed by atoms with Crippen molar-refractivity contribution < 1.29 is 19.2 Å². The van der Waals surface area contributed by atoms with Crippen molar-refractivity contribution in [1.82, 2.24) is 9.80 Å². The molecular weight excluding hydrogens is 272 g/mol. The normalized spacial score (nSPS) is 37.1.